The normalized spacial score (nSPS) is 34.7. The van der Waals surface area contributed by atoms with Gasteiger partial charge in [-0.05, 0) is 12.3 Å². The van der Waals surface area contributed by atoms with E-state index in [2.05, 4.69) is 6.92 Å². The minimum atomic E-state index is -0.257. The second kappa shape index (κ2) is 2.73. The number of nitrogens with zero attached hydrogens (tertiary/aromatic N) is 1. The molecule has 2 unspecified atom stereocenters. The third-order valence-electron chi connectivity index (χ3n) is 2.94. The van der Waals surface area contributed by atoms with Gasteiger partial charge in [0.15, 0.2) is 0 Å². The average Bonchev–Trinajstić information content (AvgIpc) is 2.76. The molecule has 2 fully saturated rings. The summed E-state index contributed by atoms with van der Waals surface area (Å²) in [5.41, 5.74) is 0. The van der Waals surface area contributed by atoms with Gasteiger partial charge in [0.05, 0.1) is 6.10 Å². The molecule has 2 aliphatic rings. The van der Waals surface area contributed by atoms with E-state index in [1.165, 1.54) is 0 Å². The van der Waals surface area contributed by atoms with E-state index in [4.69, 9.17) is 5.11 Å². The summed E-state index contributed by atoms with van der Waals surface area (Å²) in [5.74, 6) is 1.20. The first-order valence-corrected chi connectivity index (χ1v) is 4.69. The molecule has 1 aliphatic carbocycles. The van der Waals surface area contributed by atoms with Crippen LogP contribution in [-0.4, -0.2) is 35.1 Å². The Morgan fingerprint density at radius 1 is 1.58 bits per heavy atom. The molecule has 1 amide bonds. The van der Waals surface area contributed by atoms with Crippen LogP contribution in [0.2, 0.25) is 0 Å². The van der Waals surface area contributed by atoms with E-state index in [-0.39, 0.29) is 12.0 Å². The van der Waals surface area contributed by atoms with E-state index in [0.29, 0.717) is 24.9 Å². The highest BCUT2D eigenvalue weighted by molar-refractivity contribution is 5.82. The summed E-state index contributed by atoms with van der Waals surface area (Å²) in [6.07, 6.45) is 1.93. The third kappa shape index (κ3) is 1.22. The highest BCUT2D eigenvalue weighted by Crippen LogP contribution is 2.42. The Bertz CT molecular complexity index is 195. The number of hydrogen-bond donors (Lipinski definition) is 1. The minimum Gasteiger partial charge on any atom is -0.389 e. The molecule has 0 radical (unpaired) electrons. The highest BCUT2D eigenvalue weighted by Gasteiger charge is 2.45. The predicted molar refractivity (Wildman–Crippen MR) is 44.5 cm³/mol. The first-order valence-electron chi connectivity index (χ1n) is 4.69. The van der Waals surface area contributed by atoms with Crippen LogP contribution < -0.4 is 0 Å². The fourth-order valence-electron chi connectivity index (χ4n) is 1.87. The Kier molecular flexibility index (Phi) is 1.83. The summed E-state index contributed by atoms with van der Waals surface area (Å²) in [6.45, 7) is 3.25. The van der Waals surface area contributed by atoms with Crippen LogP contribution >= 0.6 is 0 Å². The molecule has 1 N–H and O–H groups in total. The van der Waals surface area contributed by atoms with Crippen molar-refractivity contribution in [3.8, 4) is 0 Å². The third-order valence-corrected chi connectivity index (χ3v) is 2.94. The quantitative estimate of drug-likeness (QED) is 0.643. The van der Waals surface area contributed by atoms with Crippen LogP contribution in [0.3, 0.4) is 0 Å². The van der Waals surface area contributed by atoms with Gasteiger partial charge < -0.3 is 10.0 Å². The molecule has 2 rings (SSSR count). The molecule has 0 aromatic rings. The monoisotopic (exact) mass is 169 g/mol. The second-order valence-corrected chi connectivity index (χ2v) is 3.91. The largest absolute Gasteiger partial charge is 0.389 e. The molecule has 0 aromatic carbocycles. The Labute approximate surface area is 72.4 Å². The summed E-state index contributed by atoms with van der Waals surface area (Å²) in [5, 5.41) is 9.00. The summed E-state index contributed by atoms with van der Waals surface area (Å²) >= 11 is 0. The first kappa shape index (κ1) is 8.05. The summed E-state index contributed by atoms with van der Waals surface area (Å²) < 4.78 is 0. The van der Waals surface area contributed by atoms with Gasteiger partial charge in [0.1, 0.15) is 0 Å². The minimum absolute atomic E-state index is 0.257. The zero-order chi connectivity index (χ0) is 8.72. The lowest BCUT2D eigenvalue weighted by atomic mass is 10.1. The van der Waals surface area contributed by atoms with Gasteiger partial charge in [0.25, 0.3) is 0 Å². The average molecular weight is 169 g/mol. The number of hydrogen-bond acceptors (Lipinski definition) is 2. The Balaban J connectivity index is 1.79. The van der Waals surface area contributed by atoms with Gasteiger partial charge in [-0.25, -0.2) is 0 Å². The van der Waals surface area contributed by atoms with Crippen molar-refractivity contribution in [3.63, 3.8) is 0 Å². The summed E-state index contributed by atoms with van der Waals surface area (Å²) in [4.78, 5) is 13.3. The van der Waals surface area contributed by atoms with Crippen molar-refractivity contribution in [3.05, 3.63) is 0 Å². The van der Waals surface area contributed by atoms with Gasteiger partial charge in [-0.2, -0.15) is 0 Å². The molecule has 1 saturated heterocycles. The molecule has 3 heteroatoms. The topological polar surface area (TPSA) is 40.5 Å². The molecule has 0 aromatic heterocycles. The van der Waals surface area contributed by atoms with Crippen LogP contribution in [0.5, 0.6) is 0 Å². The molecular formula is C9H15NO2. The Morgan fingerprint density at radius 3 is 2.67 bits per heavy atom. The van der Waals surface area contributed by atoms with E-state index in [9.17, 15) is 4.79 Å². The number of rotatable bonds is 2. The van der Waals surface area contributed by atoms with Crippen molar-refractivity contribution >= 4 is 5.91 Å². The van der Waals surface area contributed by atoms with E-state index in [0.717, 1.165) is 12.8 Å². The zero-order valence-corrected chi connectivity index (χ0v) is 7.36. The molecule has 1 heterocycles. The fraction of sp³-hybridized carbons (Fsp3) is 0.889. The van der Waals surface area contributed by atoms with Crippen LogP contribution in [0.4, 0.5) is 0 Å². The fourth-order valence-corrected chi connectivity index (χ4v) is 1.87. The second-order valence-electron chi connectivity index (χ2n) is 3.91. The maximum absolute atomic E-state index is 11.5. The van der Waals surface area contributed by atoms with Crippen molar-refractivity contribution in [2.45, 2.75) is 25.9 Å². The van der Waals surface area contributed by atoms with Crippen molar-refractivity contribution in [1.82, 2.24) is 4.90 Å². The van der Waals surface area contributed by atoms with Crippen LogP contribution in [0.25, 0.3) is 0 Å². The SMILES string of the molecule is CCC1CC1C(=O)N1CC(O)C1. The van der Waals surface area contributed by atoms with E-state index in [1.54, 1.807) is 4.90 Å². The van der Waals surface area contributed by atoms with Crippen molar-refractivity contribution in [1.29, 1.82) is 0 Å². The summed E-state index contributed by atoms with van der Waals surface area (Å²) in [7, 11) is 0. The van der Waals surface area contributed by atoms with E-state index < -0.39 is 0 Å². The standard InChI is InChI=1S/C9H15NO2/c1-2-6-3-8(6)9(12)10-4-7(11)5-10/h6-8,11H,2-5H2,1H3. The van der Waals surface area contributed by atoms with Gasteiger partial charge in [-0.15, -0.1) is 0 Å². The smallest absolute Gasteiger partial charge is 0.226 e. The van der Waals surface area contributed by atoms with Gasteiger partial charge >= 0.3 is 0 Å². The number of β-amino-alcohol motifs (C(OH)–C–C–N with tert-alkyl or cyclic N) is 1. The molecular weight excluding hydrogens is 154 g/mol. The molecule has 1 aliphatic heterocycles. The lowest BCUT2D eigenvalue weighted by Crippen LogP contribution is -2.54. The maximum atomic E-state index is 11.5. The number of aliphatic hydroxyl groups is 1. The molecule has 0 bridgehead atoms. The van der Waals surface area contributed by atoms with Gasteiger partial charge in [-0.3, -0.25) is 4.79 Å². The first-order chi connectivity index (χ1) is 5.72. The highest BCUT2D eigenvalue weighted by atomic mass is 16.3. The van der Waals surface area contributed by atoms with Gasteiger partial charge in [0, 0.05) is 19.0 Å². The molecule has 12 heavy (non-hydrogen) atoms. The molecule has 2 atom stereocenters. The van der Waals surface area contributed by atoms with Crippen molar-refractivity contribution < 1.29 is 9.90 Å². The van der Waals surface area contributed by atoms with Crippen LogP contribution in [0.1, 0.15) is 19.8 Å². The number of likely N-dealkylation sites (tertiary alicyclic amines) is 1. The van der Waals surface area contributed by atoms with Crippen LogP contribution in [-0.2, 0) is 4.79 Å². The lowest BCUT2D eigenvalue weighted by Gasteiger charge is -2.36. The Morgan fingerprint density at radius 2 is 2.25 bits per heavy atom. The van der Waals surface area contributed by atoms with E-state index >= 15 is 0 Å². The zero-order valence-electron chi connectivity index (χ0n) is 7.36. The van der Waals surface area contributed by atoms with Crippen molar-refractivity contribution in [2.24, 2.45) is 11.8 Å². The van der Waals surface area contributed by atoms with Crippen LogP contribution in [0.15, 0.2) is 0 Å². The number of amides is 1. The maximum Gasteiger partial charge on any atom is 0.226 e. The Hall–Kier alpha value is -0.570. The number of aliphatic hydroxyl groups excluding tert-OH is 1. The number of carbonyl (C=O) groups excluding carboxylic acids is 1. The molecule has 0 spiro atoms. The number of carbonyl (C=O) groups is 1. The predicted octanol–water partition coefficient (Wildman–Crippen LogP) is 0.236. The molecule has 1 saturated carbocycles. The summed E-state index contributed by atoms with van der Waals surface area (Å²) in [6, 6.07) is 0. The molecule has 3 nitrogen and oxygen atoms in total. The molecule has 68 valence electrons. The van der Waals surface area contributed by atoms with Crippen molar-refractivity contribution in [2.75, 3.05) is 13.1 Å². The van der Waals surface area contributed by atoms with Gasteiger partial charge in [-0.1, -0.05) is 13.3 Å². The van der Waals surface area contributed by atoms with Crippen LogP contribution in [0, 0.1) is 11.8 Å². The van der Waals surface area contributed by atoms with Gasteiger partial charge in [0.2, 0.25) is 5.91 Å². The van der Waals surface area contributed by atoms with E-state index in [1.807, 2.05) is 0 Å². The lowest BCUT2D eigenvalue weighted by molar-refractivity contribution is -0.143.